The van der Waals surface area contributed by atoms with Gasteiger partial charge in [0, 0.05) is 5.75 Å². The minimum absolute atomic E-state index is 0.637. The van der Waals surface area contributed by atoms with Crippen LogP contribution in [0.25, 0.3) is 0 Å². The van der Waals surface area contributed by atoms with Gasteiger partial charge in [-0.15, -0.1) is 0 Å². The molecule has 0 aliphatic rings. The Kier molecular flexibility index (Phi) is 3.57. The lowest BCUT2D eigenvalue weighted by Gasteiger charge is -2.02. The Morgan fingerprint density at radius 3 is 2.73 bits per heavy atom. The lowest BCUT2D eigenvalue weighted by Crippen LogP contribution is -1.81. The Hall–Kier alpha value is 0.150. The molecule has 0 nitrogen and oxygen atoms in total. The summed E-state index contributed by atoms with van der Waals surface area (Å²) < 4.78 is 0. The molecular formula is C8H8Cl2S. The van der Waals surface area contributed by atoms with Crippen LogP contribution in [0, 0.1) is 0 Å². The van der Waals surface area contributed by atoms with Crippen molar-refractivity contribution < 1.29 is 0 Å². The topological polar surface area (TPSA) is 0 Å². The van der Waals surface area contributed by atoms with Gasteiger partial charge in [-0.3, -0.25) is 0 Å². The molecular weight excluding hydrogens is 199 g/mol. The van der Waals surface area contributed by atoms with Crippen LogP contribution in [0.1, 0.15) is 5.56 Å². The number of halogens is 2. The summed E-state index contributed by atoms with van der Waals surface area (Å²) in [6, 6.07) is 5.71. The van der Waals surface area contributed by atoms with E-state index in [0.717, 1.165) is 11.3 Å². The first-order valence-electron chi connectivity index (χ1n) is 3.17. The predicted octanol–water partition coefficient (Wildman–Crippen LogP) is 3.86. The average Bonchev–Trinajstić information content (AvgIpc) is 1.99. The third kappa shape index (κ3) is 2.29. The van der Waals surface area contributed by atoms with Gasteiger partial charge in [0.25, 0.3) is 0 Å². The summed E-state index contributed by atoms with van der Waals surface area (Å²) in [5, 5.41) is 1.32. The molecule has 0 bridgehead atoms. The highest BCUT2D eigenvalue weighted by molar-refractivity contribution is 7.97. The van der Waals surface area contributed by atoms with E-state index in [0.29, 0.717) is 10.0 Å². The molecule has 0 aliphatic heterocycles. The molecule has 1 aromatic carbocycles. The molecule has 0 saturated carbocycles. The first-order chi connectivity index (χ1) is 5.25. The molecule has 11 heavy (non-hydrogen) atoms. The van der Waals surface area contributed by atoms with Crippen LogP contribution in [-0.2, 0) is 5.75 Å². The average molecular weight is 207 g/mol. The molecule has 1 rings (SSSR count). The third-order valence-corrected chi connectivity index (χ3v) is 2.79. The number of hydrogen-bond donors (Lipinski definition) is 0. The van der Waals surface area contributed by atoms with Gasteiger partial charge in [-0.1, -0.05) is 35.3 Å². The highest BCUT2D eigenvalue weighted by Gasteiger charge is 2.01. The normalized spacial score (nSPS) is 10.1. The summed E-state index contributed by atoms with van der Waals surface area (Å²) >= 11 is 13.5. The molecule has 0 aliphatic carbocycles. The van der Waals surface area contributed by atoms with Crippen LogP contribution in [0.4, 0.5) is 0 Å². The molecule has 0 aromatic heterocycles. The molecule has 0 atom stereocenters. The van der Waals surface area contributed by atoms with Gasteiger partial charge < -0.3 is 0 Å². The van der Waals surface area contributed by atoms with Gasteiger partial charge >= 0.3 is 0 Å². The quantitative estimate of drug-likeness (QED) is 0.709. The fourth-order valence-corrected chi connectivity index (χ4v) is 1.83. The lowest BCUT2D eigenvalue weighted by molar-refractivity contribution is 1.42. The van der Waals surface area contributed by atoms with Crippen LogP contribution in [0.2, 0.25) is 10.0 Å². The van der Waals surface area contributed by atoms with Crippen LogP contribution >= 0.6 is 35.0 Å². The highest BCUT2D eigenvalue weighted by atomic mass is 35.5. The largest absolute Gasteiger partial charge is 0.161 e. The Labute approximate surface area is 80.9 Å². The molecule has 0 unspecified atom stereocenters. The Morgan fingerprint density at radius 2 is 2.09 bits per heavy atom. The van der Waals surface area contributed by atoms with Crippen LogP contribution < -0.4 is 0 Å². The third-order valence-electron chi connectivity index (χ3n) is 1.33. The van der Waals surface area contributed by atoms with Gasteiger partial charge in [0.15, 0.2) is 0 Å². The summed E-state index contributed by atoms with van der Waals surface area (Å²) in [5.74, 6) is 0.916. The zero-order valence-electron chi connectivity index (χ0n) is 6.10. The van der Waals surface area contributed by atoms with Crippen molar-refractivity contribution in [3.05, 3.63) is 33.8 Å². The maximum Gasteiger partial charge on any atom is 0.0632 e. The maximum atomic E-state index is 5.93. The van der Waals surface area contributed by atoms with E-state index < -0.39 is 0 Å². The van der Waals surface area contributed by atoms with E-state index in [-0.39, 0.29) is 0 Å². The summed E-state index contributed by atoms with van der Waals surface area (Å²) in [6.07, 6.45) is 2.04. The van der Waals surface area contributed by atoms with Crippen molar-refractivity contribution >= 4 is 35.0 Å². The van der Waals surface area contributed by atoms with Crippen molar-refractivity contribution in [3.63, 3.8) is 0 Å². The van der Waals surface area contributed by atoms with Gasteiger partial charge in [-0.05, 0) is 17.9 Å². The molecule has 1 aromatic rings. The fourth-order valence-electron chi connectivity index (χ4n) is 0.815. The number of rotatable bonds is 2. The molecule has 3 heteroatoms. The number of benzene rings is 1. The minimum atomic E-state index is 0.637. The lowest BCUT2D eigenvalue weighted by atomic mass is 10.2. The van der Waals surface area contributed by atoms with Gasteiger partial charge in [0.2, 0.25) is 0 Å². The monoisotopic (exact) mass is 206 g/mol. The second-order valence-electron chi connectivity index (χ2n) is 2.15. The van der Waals surface area contributed by atoms with E-state index in [1.165, 1.54) is 0 Å². The van der Waals surface area contributed by atoms with Crippen LogP contribution in [0.15, 0.2) is 18.2 Å². The summed E-state index contributed by atoms with van der Waals surface area (Å²) in [5.41, 5.74) is 1.10. The molecule has 0 radical (unpaired) electrons. The SMILES string of the molecule is CSCc1cccc(Cl)c1Cl. The molecule has 0 spiro atoms. The summed E-state index contributed by atoms with van der Waals surface area (Å²) in [6.45, 7) is 0. The van der Waals surface area contributed by atoms with Crippen molar-refractivity contribution in [3.8, 4) is 0 Å². The Bertz CT molecular complexity index is 248. The molecule has 60 valence electrons. The summed E-state index contributed by atoms with van der Waals surface area (Å²) in [7, 11) is 0. The highest BCUT2D eigenvalue weighted by Crippen LogP contribution is 2.27. The van der Waals surface area contributed by atoms with Crippen LogP contribution in [-0.4, -0.2) is 6.26 Å². The second kappa shape index (κ2) is 4.24. The Morgan fingerprint density at radius 1 is 1.36 bits per heavy atom. The van der Waals surface area contributed by atoms with Gasteiger partial charge in [0.05, 0.1) is 10.0 Å². The van der Waals surface area contributed by atoms with E-state index in [1.54, 1.807) is 17.8 Å². The van der Waals surface area contributed by atoms with E-state index in [2.05, 4.69) is 0 Å². The second-order valence-corrected chi connectivity index (χ2v) is 3.80. The van der Waals surface area contributed by atoms with Crippen molar-refractivity contribution in [2.75, 3.05) is 6.26 Å². The molecule has 0 N–H and O–H groups in total. The molecule has 0 amide bonds. The van der Waals surface area contributed by atoms with E-state index in [4.69, 9.17) is 23.2 Å². The van der Waals surface area contributed by atoms with Crippen molar-refractivity contribution in [1.29, 1.82) is 0 Å². The van der Waals surface area contributed by atoms with Gasteiger partial charge in [-0.25, -0.2) is 0 Å². The standard InChI is InChI=1S/C8H8Cl2S/c1-11-5-6-3-2-4-7(9)8(6)10/h2-4H,5H2,1H3. The van der Waals surface area contributed by atoms with Gasteiger partial charge in [-0.2, -0.15) is 11.8 Å². The number of thioether (sulfide) groups is 1. The first-order valence-corrected chi connectivity index (χ1v) is 5.32. The fraction of sp³-hybridized carbons (Fsp3) is 0.250. The van der Waals surface area contributed by atoms with Crippen LogP contribution in [0.5, 0.6) is 0 Å². The van der Waals surface area contributed by atoms with Crippen molar-refractivity contribution in [1.82, 2.24) is 0 Å². The first kappa shape index (κ1) is 9.24. The van der Waals surface area contributed by atoms with Crippen LogP contribution in [0.3, 0.4) is 0 Å². The minimum Gasteiger partial charge on any atom is -0.161 e. The molecule has 0 saturated heterocycles. The molecule has 0 heterocycles. The summed E-state index contributed by atoms with van der Waals surface area (Å²) in [4.78, 5) is 0. The van der Waals surface area contributed by atoms with E-state index >= 15 is 0 Å². The molecule has 0 fully saturated rings. The van der Waals surface area contributed by atoms with E-state index in [1.807, 2.05) is 18.4 Å². The smallest absolute Gasteiger partial charge is 0.0632 e. The van der Waals surface area contributed by atoms with E-state index in [9.17, 15) is 0 Å². The predicted molar refractivity (Wildman–Crippen MR) is 53.7 cm³/mol. The zero-order valence-corrected chi connectivity index (χ0v) is 8.43. The van der Waals surface area contributed by atoms with Crippen molar-refractivity contribution in [2.45, 2.75) is 5.75 Å². The Balaban J connectivity index is 2.96. The van der Waals surface area contributed by atoms with Crippen molar-refractivity contribution in [2.24, 2.45) is 0 Å². The number of hydrogen-bond acceptors (Lipinski definition) is 1. The maximum absolute atomic E-state index is 5.93. The zero-order chi connectivity index (χ0) is 8.27. The van der Waals surface area contributed by atoms with Gasteiger partial charge in [0.1, 0.15) is 0 Å².